The normalized spacial score (nSPS) is 18.3. The summed E-state index contributed by atoms with van der Waals surface area (Å²) in [6, 6.07) is -0.221. The van der Waals surface area contributed by atoms with E-state index >= 15 is 0 Å². The van der Waals surface area contributed by atoms with Gasteiger partial charge in [-0.2, -0.15) is 13.2 Å². The maximum absolute atomic E-state index is 13.3. The first-order chi connectivity index (χ1) is 14.1. The Morgan fingerprint density at radius 3 is 2.43 bits per heavy atom. The summed E-state index contributed by atoms with van der Waals surface area (Å²) in [6.07, 6.45) is -3.69. The molecule has 2 fully saturated rings. The van der Waals surface area contributed by atoms with Crippen LogP contribution in [0.2, 0.25) is 0 Å². The quantitative estimate of drug-likeness (QED) is 0.745. The number of nitrogens with zero attached hydrogens (tertiary/aromatic N) is 3. The van der Waals surface area contributed by atoms with Gasteiger partial charge < -0.3 is 10.2 Å². The molecule has 0 spiro atoms. The number of carbonyl (C=O) groups is 1. The molecule has 3 heterocycles. The summed E-state index contributed by atoms with van der Waals surface area (Å²) < 4.78 is 41.1. The lowest BCUT2D eigenvalue weighted by Crippen LogP contribution is -2.45. The summed E-state index contributed by atoms with van der Waals surface area (Å²) in [6.45, 7) is 4.35. The van der Waals surface area contributed by atoms with Gasteiger partial charge in [0.2, 0.25) is 0 Å². The minimum absolute atomic E-state index is 0.221. The number of amides is 2. The van der Waals surface area contributed by atoms with E-state index in [1.54, 1.807) is 11.8 Å². The van der Waals surface area contributed by atoms with Crippen LogP contribution in [0.15, 0.2) is 9.59 Å². The lowest BCUT2D eigenvalue weighted by Gasteiger charge is -2.19. The molecule has 2 aromatic rings. The molecule has 1 aliphatic heterocycles. The van der Waals surface area contributed by atoms with Crippen LogP contribution in [0.4, 0.5) is 18.0 Å². The third-order valence-corrected chi connectivity index (χ3v) is 7.47. The molecule has 7 nitrogen and oxygen atoms in total. The standard InChI is InChI=1S/C19H23F3N4O3S/c1-3-18(4-5-18)26-14(27)13-11(2)12(10-24-9-7-23-16(24)28)30-15(13)25(17(26)29)8-6-19(20,21)22/h3-10H2,1-2H3,(H,23,28). The zero-order chi connectivity index (χ0) is 21.8. The number of rotatable bonds is 6. The molecule has 0 unspecified atom stereocenters. The summed E-state index contributed by atoms with van der Waals surface area (Å²) in [5.74, 6) is 0. The lowest BCUT2D eigenvalue weighted by molar-refractivity contribution is -0.136. The van der Waals surface area contributed by atoms with E-state index in [1.165, 1.54) is 4.57 Å². The van der Waals surface area contributed by atoms with Gasteiger partial charge in [0.1, 0.15) is 4.83 Å². The van der Waals surface area contributed by atoms with Crippen molar-refractivity contribution in [1.29, 1.82) is 0 Å². The zero-order valence-corrected chi connectivity index (χ0v) is 17.6. The van der Waals surface area contributed by atoms with Crippen LogP contribution in [0, 0.1) is 6.92 Å². The molecule has 1 saturated heterocycles. The molecule has 0 aromatic carbocycles. The minimum Gasteiger partial charge on any atom is -0.336 e. The van der Waals surface area contributed by atoms with Crippen LogP contribution in [0.25, 0.3) is 10.2 Å². The highest BCUT2D eigenvalue weighted by atomic mass is 32.1. The maximum atomic E-state index is 13.3. The van der Waals surface area contributed by atoms with E-state index in [0.717, 1.165) is 15.9 Å². The van der Waals surface area contributed by atoms with Gasteiger partial charge in [0, 0.05) is 24.5 Å². The second kappa shape index (κ2) is 7.14. The molecule has 164 valence electrons. The smallest absolute Gasteiger partial charge is 0.336 e. The number of hydrogen-bond acceptors (Lipinski definition) is 4. The summed E-state index contributed by atoms with van der Waals surface area (Å²) in [5, 5.41) is 2.99. The molecular formula is C19H23F3N4O3S. The van der Waals surface area contributed by atoms with Gasteiger partial charge in [-0.05, 0) is 31.7 Å². The number of halogens is 3. The zero-order valence-electron chi connectivity index (χ0n) is 16.8. The van der Waals surface area contributed by atoms with Gasteiger partial charge in [0.25, 0.3) is 5.56 Å². The molecule has 1 saturated carbocycles. The second-order valence-electron chi connectivity index (χ2n) is 8.00. The highest BCUT2D eigenvalue weighted by Crippen LogP contribution is 2.45. The van der Waals surface area contributed by atoms with E-state index in [2.05, 4.69) is 5.32 Å². The first kappa shape index (κ1) is 21.0. The van der Waals surface area contributed by atoms with Crippen LogP contribution < -0.4 is 16.6 Å². The van der Waals surface area contributed by atoms with Gasteiger partial charge >= 0.3 is 17.9 Å². The Morgan fingerprint density at radius 2 is 1.90 bits per heavy atom. The van der Waals surface area contributed by atoms with Gasteiger partial charge in [0.05, 0.1) is 23.9 Å². The molecule has 2 aliphatic rings. The molecule has 1 aliphatic carbocycles. The van der Waals surface area contributed by atoms with Gasteiger partial charge in [-0.15, -0.1) is 11.3 Å². The van der Waals surface area contributed by atoms with E-state index < -0.39 is 35.9 Å². The van der Waals surface area contributed by atoms with Crippen molar-refractivity contribution < 1.29 is 18.0 Å². The predicted molar refractivity (Wildman–Crippen MR) is 107 cm³/mol. The summed E-state index contributed by atoms with van der Waals surface area (Å²) in [5.41, 5.74) is -1.10. The molecule has 1 N–H and O–H groups in total. The second-order valence-corrected chi connectivity index (χ2v) is 9.09. The first-order valence-corrected chi connectivity index (χ1v) is 10.8. The van der Waals surface area contributed by atoms with E-state index in [-0.39, 0.29) is 22.8 Å². The Balaban J connectivity index is 1.90. The summed E-state index contributed by atoms with van der Waals surface area (Å²) in [7, 11) is 0. The van der Waals surface area contributed by atoms with Crippen molar-refractivity contribution >= 4 is 27.6 Å². The van der Waals surface area contributed by atoms with Crippen LogP contribution in [-0.2, 0) is 18.6 Å². The molecule has 0 bridgehead atoms. The van der Waals surface area contributed by atoms with Crippen molar-refractivity contribution in [1.82, 2.24) is 19.4 Å². The molecule has 11 heteroatoms. The van der Waals surface area contributed by atoms with Crippen molar-refractivity contribution in [3.63, 3.8) is 0 Å². The highest BCUT2D eigenvalue weighted by molar-refractivity contribution is 7.18. The van der Waals surface area contributed by atoms with Crippen molar-refractivity contribution in [2.75, 3.05) is 13.1 Å². The highest BCUT2D eigenvalue weighted by Gasteiger charge is 2.46. The Bertz CT molecular complexity index is 1130. The van der Waals surface area contributed by atoms with Crippen LogP contribution in [0.1, 0.15) is 43.0 Å². The maximum Gasteiger partial charge on any atom is 0.390 e. The SMILES string of the molecule is CCC1(n2c(=O)c3c(C)c(CN4CCNC4=O)sc3n(CCC(F)(F)F)c2=O)CC1. The monoisotopic (exact) mass is 444 g/mol. The average molecular weight is 444 g/mol. The third-order valence-electron chi connectivity index (χ3n) is 6.17. The molecule has 30 heavy (non-hydrogen) atoms. The molecule has 0 radical (unpaired) electrons. The largest absolute Gasteiger partial charge is 0.390 e. The molecule has 4 rings (SSSR count). The number of alkyl halides is 3. The van der Waals surface area contributed by atoms with Gasteiger partial charge in [-0.1, -0.05) is 6.92 Å². The topological polar surface area (TPSA) is 76.3 Å². The number of nitrogens with one attached hydrogen (secondary N) is 1. The van der Waals surface area contributed by atoms with Gasteiger partial charge in [-0.25, -0.2) is 9.59 Å². The number of fused-ring (bicyclic) bond motifs is 1. The minimum atomic E-state index is -4.42. The molecule has 2 amide bonds. The Labute approximate surface area is 174 Å². The van der Waals surface area contributed by atoms with E-state index in [0.29, 0.717) is 42.8 Å². The summed E-state index contributed by atoms with van der Waals surface area (Å²) in [4.78, 5) is 41.0. The third kappa shape index (κ3) is 3.42. The van der Waals surface area contributed by atoms with Crippen LogP contribution in [0.3, 0.4) is 0 Å². The fourth-order valence-corrected chi connectivity index (χ4v) is 5.44. The molecule has 2 aromatic heterocycles. The lowest BCUT2D eigenvalue weighted by atomic mass is 10.1. The number of urea groups is 1. The van der Waals surface area contributed by atoms with Crippen LogP contribution >= 0.6 is 11.3 Å². The Kier molecular flexibility index (Phi) is 4.99. The Hall–Kier alpha value is -2.30. The van der Waals surface area contributed by atoms with Crippen molar-refractivity contribution in [2.24, 2.45) is 0 Å². The number of thiophene rings is 1. The van der Waals surface area contributed by atoms with E-state index in [1.807, 2.05) is 6.92 Å². The number of carbonyl (C=O) groups excluding carboxylic acids is 1. The van der Waals surface area contributed by atoms with Crippen molar-refractivity contribution in [3.05, 3.63) is 31.3 Å². The van der Waals surface area contributed by atoms with Crippen molar-refractivity contribution in [3.8, 4) is 0 Å². The molecule has 0 atom stereocenters. The fourth-order valence-electron chi connectivity index (χ4n) is 4.11. The van der Waals surface area contributed by atoms with Crippen molar-refractivity contribution in [2.45, 2.75) is 64.3 Å². The van der Waals surface area contributed by atoms with E-state index in [4.69, 9.17) is 0 Å². The van der Waals surface area contributed by atoms with E-state index in [9.17, 15) is 27.6 Å². The number of hydrogen-bond donors (Lipinski definition) is 1. The number of aryl methyl sites for hydroxylation is 2. The van der Waals surface area contributed by atoms with Gasteiger partial charge in [0.15, 0.2) is 0 Å². The first-order valence-electron chi connectivity index (χ1n) is 9.96. The van der Waals surface area contributed by atoms with Crippen LogP contribution in [-0.4, -0.2) is 39.3 Å². The fraction of sp³-hybridized carbons (Fsp3) is 0.632. The predicted octanol–water partition coefficient (Wildman–Crippen LogP) is 2.91. The van der Waals surface area contributed by atoms with Gasteiger partial charge in [-0.3, -0.25) is 13.9 Å². The average Bonchev–Trinajstić information content (AvgIpc) is 3.24. The Morgan fingerprint density at radius 1 is 1.20 bits per heavy atom. The summed E-state index contributed by atoms with van der Waals surface area (Å²) >= 11 is 1.13. The van der Waals surface area contributed by atoms with Crippen LogP contribution in [0.5, 0.6) is 0 Å². The molecular weight excluding hydrogens is 421 g/mol. The number of aromatic nitrogens is 2.